The third-order valence-corrected chi connectivity index (χ3v) is 3.03. The molecule has 1 aromatic carbocycles. The Morgan fingerprint density at radius 3 is 2.64 bits per heavy atom. The molecule has 1 nitrogen and oxygen atoms in total. The van der Waals surface area contributed by atoms with Crippen LogP contribution in [0.2, 0.25) is 0 Å². The van der Waals surface area contributed by atoms with E-state index in [4.69, 9.17) is 5.11 Å². The van der Waals surface area contributed by atoms with Crippen LogP contribution in [-0.2, 0) is 0 Å². The smallest absolute Gasteiger partial charge is 0.0439 e. The zero-order chi connectivity index (χ0) is 10.1. The van der Waals surface area contributed by atoms with Crippen LogP contribution in [0.15, 0.2) is 18.2 Å². The van der Waals surface area contributed by atoms with Gasteiger partial charge in [-0.3, -0.25) is 0 Å². The molecule has 1 unspecified atom stereocenters. The van der Waals surface area contributed by atoms with Gasteiger partial charge in [0.1, 0.15) is 0 Å². The van der Waals surface area contributed by atoms with Crippen molar-refractivity contribution in [3.63, 3.8) is 0 Å². The van der Waals surface area contributed by atoms with Crippen molar-refractivity contribution in [1.82, 2.24) is 0 Å². The lowest BCUT2D eigenvalue weighted by molar-refractivity contribution is 0.283. The van der Waals surface area contributed by atoms with Gasteiger partial charge in [0.15, 0.2) is 0 Å². The van der Waals surface area contributed by atoms with E-state index < -0.39 is 0 Å². The Morgan fingerprint density at radius 1 is 1.21 bits per heavy atom. The quantitative estimate of drug-likeness (QED) is 0.756. The van der Waals surface area contributed by atoms with Gasteiger partial charge in [0, 0.05) is 12.5 Å². The number of benzene rings is 1. The lowest BCUT2D eigenvalue weighted by atomic mass is 9.91. The monoisotopic (exact) mass is 188 g/mol. The first-order valence-corrected chi connectivity index (χ1v) is 5.13. The molecule has 0 aliphatic heterocycles. The second kappa shape index (κ2) is 3.58. The standard InChI is InChI=1S/C13H16O/c1-9-3-4-10(2)13-11(7-8-14)5-6-12(9)13/h3-6,11,14H,7-8H2,1-2H3. The van der Waals surface area contributed by atoms with Crippen LogP contribution in [0.5, 0.6) is 0 Å². The Bertz CT molecular complexity index is 377. The van der Waals surface area contributed by atoms with Crippen LogP contribution in [-0.4, -0.2) is 11.7 Å². The Morgan fingerprint density at radius 2 is 1.93 bits per heavy atom. The molecule has 0 bridgehead atoms. The first-order valence-electron chi connectivity index (χ1n) is 5.13. The summed E-state index contributed by atoms with van der Waals surface area (Å²) >= 11 is 0. The maximum Gasteiger partial charge on any atom is 0.0439 e. The molecule has 74 valence electrons. The van der Waals surface area contributed by atoms with E-state index in [0.29, 0.717) is 5.92 Å². The molecule has 1 aliphatic carbocycles. The van der Waals surface area contributed by atoms with Crippen LogP contribution in [0.1, 0.15) is 34.6 Å². The number of aryl methyl sites for hydroxylation is 2. The molecule has 1 heteroatoms. The summed E-state index contributed by atoms with van der Waals surface area (Å²) in [4.78, 5) is 0. The molecular weight excluding hydrogens is 172 g/mol. The summed E-state index contributed by atoms with van der Waals surface area (Å²) in [6, 6.07) is 4.34. The average molecular weight is 188 g/mol. The first-order chi connectivity index (χ1) is 6.74. The topological polar surface area (TPSA) is 20.2 Å². The van der Waals surface area contributed by atoms with Gasteiger partial charge in [-0.15, -0.1) is 0 Å². The minimum absolute atomic E-state index is 0.266. The van der Waals surface area contributed by atoms with Gasteiger partial charge in [0.2, 0.25) is 0 Å². The molecule has 1 N–H and O–H groups in total. The van der Waals surface area contributed by atoms with Crippen LogP contribution < -0.4 is 0 Å². The van der Waals surface area contributed by atoms with Gasteiger partial charge in [-0.2, -0.15) is 0 Å². The Hall–Kier alpha value is -1.08. The number of hydrogen-bond donors (Lipinski definition) is 1. The second-order valence-corrected chi connectivity index (χ2v) is 4.00. The lowest BCUT2D eigenvalue weighted by Crippen LogP contribution is -2.00. The fourth-order valence-corrected chi connectivity index (χ4v) is 2.26. The van der Waals surface area contributed by atoms with E-state index in [1.165, 1.54) is 22.3 Å². The molecule has 0 aromatic heterocycles. The van der Waals surface area contributed by atoms with Crippen LogP contribution in [0.3, 0.4) is 0 Å². The third kappa shape index (κ3) is 1.38. The van der Waals surface area contributed by atoms with E-state index in [0.717, 1.165) is 6.42 Å². The van der Waals surface area contributed by atoms with Gasteiger partial charge in [-0.25, -0.2) is 0 Å². The molecule has 0 radical (unpaired) electrons. The largest absolute Gasteiger partial charge is 0.396 e. The Balaban J connectivity index is 2.47. The summed E-state index contributed by atoms with van der Waals surface area (Å²) in [5, 5.41) is 8.98. The Kier molecular flexibility index (Phi) is 2.42. The molecule has 1 aliphatic rings. The predicted molar refractivity (Wildman–Crippen MR) is 59.4 cm³/mol. The van der Waals surface area contributed by atoms with Crippen molar-refractivity contribution in [3.05, 3.63) is 40.5 Å². The van der Waals surface area contributed by atoms with Gasteiger partial charge in [-0.1, -0.05) is 24.3 Å². The summed E-state index contributed by atoms with van der Waals surface area (Å²) in [6.45, 7) is 4.56. The third-order valence-electron chi connectivity index (χ3n) is 3.03. The fourth-order valence-electron chi connectivity index (χ4n) is 2.26. The fraction of sp³-hybridized carbons (Fsp3) is 0.385. The second-order valence-electron chi connectivity index (χ2n) is 4.00. The lowest BCUT2D eigenvalue weighted by Gasteiger charge is -2.13. The molecule has 0 spiro atoms. The number of aliphatic hydroxyl groups excluding tert-OH is 1. The molecule has 14 heavy (non-hydrogen) atoms. The molecule has 0 saturated carbocycles. The van der Waals surface area contributed by atoms with Crippen LogP contribution in [0.25, 0.3) is 6.08 Å². The Labute approximate surface area is 85.1 Å². The highest BCUT2D eigenvalue weighted by atomic mass is 16.3. The van der Waals surface area contributed by atoms with Crippen LogP contribution >= 0.6 is 0 Å². The molecule has 0 heterocycles. The average Bonchev–Trinajstić information content (AvgIpc) is 2.58. The van der Waals surface area contributed by atoms with Crippen LogP contribution in [0, 0.1) is 13.8 Å². The summed E-state index contributed by atoms with van der Waals surface area (Å²) in [7, 11) is 0. The van der Waals surface area contributed by atoms with Crippen molar-refractivity contribution in [2.75, 3.05) is 6.61 Å². The normalized spacial score (nSPS) is 18.6. The first kappa shape index (κ1) is 9.47. The number of allylic oxidation sites excluding steroid dienone is 1. The number of aliphatic hydroxyl groups is 1. The number of hydrogen-bond acceptors (Lipinski definition) is 1. The predicted octanol–water partition coefficient (Wildman–Crippen LogP) is 2.80. The van der Waals surface area contributed by atoms with E-state index in [9.17, 15) is 0 Å². The number of rotatable bonds is 2. The molecule has 2 rings (SSSR count). The van der Waals surface area contributed by atoms with Gasteiger partial charge < -0.3 is 5.11 Å². The van der Waals surface area contributed by atoms with Crippen molar-refractivity contribution >= 4 is 6.08 Å². The van der Waals surface area contributed by atoms with E-state index >= 15 is 0 Å². The molecule has 0 fully saturated rings. The van der Waals surface area contributed by atoms with Crippen molar-refractivity contribution in [3.8, 4) is 0 Å². The van der Waals surface area contributed by atoms with E-state index in [2.05, 4.69) is 38.1 Å². The highest BCUT2D eigenvalue weighted by Gasteiger charge is 2.19. The minimum Gasteiger partial charge on any atom is -0.396 e. The molecule has 1 atom stereocenters. The van der Waals surface area contributed by atoms with Crippen molar-refractivity contribution in [2.24, 2.45) is 0 Å². The highest BCUT2D eigenvalue weighted by Crippen LogP contribution is 2.36. The van der Waals surface area contributed by atoms with Crippen LogP contribution in [0.4, 0.5) is 0 Å². The number of fused-ring (bicyclic) bond motifs is 1. The minimum atomic E-state index is 0.266. The maximum absolute atomic E-state index is 8.98. The molecule has 0 amide bonds. The van der Waals surface area contributed by atoms with E-state index in [-0.39, 0.29) is 6.61 Å². The molecule has 0 saturated heterocycles. The summed E-state index contributed by atoms with van der Waals surface area (Å²) < 4.78 is 0. The highest BCUT2D eigenvalue weighted by molar-refractivity contribution is 5.67. The summed E-state index contributed by atoms with van der Waals surface area (Å²) in [6.07, 6.45) is 5.24. The van der Waals surface area contributed by atoms with Gasteiger partial charge in [0.25, 0.3) is 0 Å². The SMILES string of the molecule is Cc1ccc(C)c2c1C=CC2CCO. The van der Waals surface area contributed by atoms with Gasteiger partial charge in [-0.05, 0) is 42.5 Å². The van der Waals surface area contributed by atoms with E-state index in [1.54, 1.807) is 0 Å². The summed E-state index contributed by atoms with van der Waals surface area (Å²) in [5.41, 5.74) is 5.46. The van der Waals surface area contributed by atoms with Crippen molar-refractivity contribution in [1.29, 1.82) is 0 Å². The maximum atomic E-state index is 8.98. The van der Waals surface area contributed by atoms with Crippen molar-refractivity contribution < 1.29 is 5.11 Å². The molecular formula is C13H16O. The van der Waals surface area contributed by atoms with Crippen molar-refractivity contribution in [2.45, 2.75) is 26.2 Å². The van der Waals surface area contributed by atoms with E-state index in [1.807, 2.05) is 0 Å². The zero-order valence-corrected chi connectivity index (χ0v) is 8.75. The van der Waals surface area contributed by atoms with Gasteiger partial charge >= 0.3 is 0 Å². The van der Waals surface area contributed by atoms with Gasteiger partial charge in [0.05, 0.1) is 0 Å². The zero-order valence-electron chi connectivity index (χ0n) is 8.75. The molecule has 1 aromatic rings. The summed E-state index contributed by atoms with van der Waals surface area (Å²) in [5.74, 6) is 0.426.